The van der Waals surface area contributed by atoms with Crippen molar-refractivity contribution >= 4 is 29.0 Å². The average Bonchev–Trinajstić information content (AvgIpc) is 3.00. The first-order valence-corrected chi connectivity index (χ1v) is 8.82. The first-order valence-electron chi connectivity index (χ1n) is 8.45. The number of halogens is 4. The van der Waals surface area contributed by atoms with E-state index in [2.05, 4.69) is 20.4 Å². The van der Waals surface area contributed by atoms with Crippen molar-refractivity contribution in [1.82, 2.24) is 14.9 Å². The van der Waals surface area contributed by atoms with Crippen molar-refractivity contribution in [1.29, 1.82) is 0 Å². The van der Waals surface area contributed by atoms with Gasteiger partial charge >= 0.3 is 18.2 Å². The van der Waals surface area contributed by atoms with Crippen molar-refractivity contribution in [3.8, 4) is 6.01 Å². The Kier molecular flexibility index (Phi) is 4.49. The van der Waals surface area contributed by atoms with Gasteiger partial charge in [-0.1, -0.05) is 16.8 Å². The number of nitrogens with one attached hydrogen (secondary N) is 1. The Morgan fingerprint density at radius 2 is 2.03 bits per heavy atom. The molecule has 2 atom stereocenters. The Balaban J connectivity index is 1.63. The van der Waals surface area contributed by atoms with Crippen LogP contribution < -0.4 is 5.32 Å². The van der Waals surface area contributed by atoms with Crippen molar-refractivity contribution in [2.45, 2.75) is 31.1 Å². The van der Waals surface area contributed by atoms with E-state index in [0.717, 1.165) is 18.2 Å². The van der Waals surface area contributed by atoms with Crippen molar-refractivity contribution in [2.24, 2.45) is 5.16 Å². The lowest BCUT2D eigenvalue weighted by atomic mass is 9.98. The smallest absolute Gasteiger partial charge is 0.417 e. The van der Waals surface area contributed by atoms with Crippen LogP contribution in [-0.4, -0.2) is 43.0 Å². The molecular weight excluding hydrogens is 415 g/mol. The highest BCUT2D eigenvalue weighted by atomic mass is 35.5. The second kappa shape index (κ2) is 6.76. The number of anilines is 1. The molecule has 4 rings (SSSR count). The van der Waals surface area contributed by atoms with Gasteiger partial charge in [-0.15, -0.1) is 0 Å². The number of oxime groups is 1. The summed E-state index contributed by atoms with van der Waals surface area (Å²) < 4.78 is 38.5. The third kappa shape index (κ3) is 3.20. The molecule has 1 fully saturated rings. The van der Waals surface area contributed by atoms with Gasteiger partial charge in [0.25, 0.3) is 0 Å². The molecule has 2 bridgehead atoms. The first-order chi connectivity index (χ1) is 13.7. The summed E-state index contributed by atoms with van der Waals surface area (Å²) in [5, 5.41) is 24.2. The van der Waals surface area contributed by atoms with E-state index >= 15 is 0 Å². The molecule has 2 aliphatic rings. The molecule has 12 heteroatoms. The lowest BCUT2D eigenvalue weighted by molar-refractivity contribution is -0.137. The molecule has 2 amide bonds. The van der Waals surface area contributed by atoms with Gasteiger partial charge in [-0.2, -0.15) is 18.2 Å². The summed E-state index contributed by atoms with van der Waals surface area (Å²) in [5.74, 6) is 0. The number of aromatic hydroxyl groups is 1. The van der Waals surface area contributed by atoms with Gasteiger partial charge in [-0.3, -0.25) is 0 Å². The molecule has 0 spiro atoms. The lowest BCUT2D eigenvalue weighted by Crippen LogP contribution is -2.48. The summed E-state index contributed by atoms with van der Waals surface area (Å²) in [7, 11) is 0. The number of rotatable bonds is 1. The number of aromatic nitrogens is 2. The number of nitrogens with zero attached hydrogens (tertiary/aromatic N) is 4. The van der Waals surface area contributed by atoms with E-state index in [1.54, 1.807) is 0 Å². The number of urea groups is 1. The van der Waals surface area contributed by atoms with E-state index in [-0.39, 0.29) is 17.1 Å². The van der Waals surface area contributed by atoms with Crippen molar-refractivity contribution in [2.75, 3.05) is 5.32 Å². The highest BCUT2D eigenvalue weighted by Crippen LogP contribution is 2.44. The summed E-state index contributed by atoms with van der Waals surface area (Å²) in [4.78, 5) is 21.9. The van der Waals surface area contributed by atoms with Crippen molar-refractivity contribution in [3.63, 3.8) is 0 Å². The summed E-state index contributed by atoms with van der Waals surface area (Å²) in [5.41, 5.74) is -0.0513. The molecule has 1 aromatic heterocycles. The predicted molar refractivity (Wildman–Crippen MR) is 95.1 cm³/mol. The van der Waals surface area contributed by atoms with Gasteiger partial charge in [0.15, 0.2) is 0 Å². The van der Waals surface area contributed by atoms with Gasteiger partial charge in [0.05, 0.1) is 22.7 Å². The largest absolute Gasteiger partial charge is 0.479 e. The van der Waals surface area contributed by atoms with Crippen LogP contribution in [0.15, 0.2) is 29.6 Å². The Morgan fingerprint density at radius 1 is 1.31 bits per heavy atom. The van der Waals surface area contributed by atoms with E-state index in [1.807, 2.05) is 0 Å². The standard InChI is InChI=1S/C17H13ClF3N5O3/c18-10-5-7(1-2-9(10)17(19,20)21)23-16(28)26-11-3-4-12(26)14(25-29)13-8(11)6-22-15(27)24-13/h1-2,5-6,11-12,29H,3-4H2,(H,23,28)(H,22,24,27)/t11-,12+/m1/s1. The number of carbonyl (C=O) groups excluding carboxylic acids is 1. The second-order valence-electron chi connectivity index (χ2n) is 6.60. The molecule has 3 N–H and O–H groups in total. The fraction of sp³-hybridized carbons (Fsp3) is 0.294. The first kappa shape index (κ1) is 19.2. The maximum absolute atomic E-state index is 12.9. The topological polar surface area (TPSA) is 111 Å². The maximum Gasteiger partial charge on any atom is 0.417 e. The summed E-state index contributed by atoms with van der Waals surface area (Å²) in [6.07, 6.45) is -2.24. The minimum atomic E-state index is -4.60. The lowest BCUT2D eigenvalue weighted by Gasteiger charge is -2.35. The van der Waals surface area contributed by atoms with Crippen molar-refractivity contribution < 1.29 is 28.3 Å². The van der Waals surface area contributed by atoms with E-state index in [9.17, 15) is 28.3 Å². The zero-order valence-corrected chi connectivity index (χ0v) is 15.2. The van der Waals surface area contributed by atoms with Crippen LogP contribution in [0.5, 0.6) is 6.01 Å². The van der Waals surface area contributed by atoms with Crippen molar-refractivity contribution in [3.05, 3.63) is 46.2 Å². The maximum atomic E-state index is 12.9. The van der Waals surface area contributed by atoms with E-state index in [1.165, 1.54) is 11.1 Å². The molecule has 2 aliphatic heterocycles. The van der Waals surface area contributed by atoms with Gasteiger partial charge < -0.3 is 20.5 Å². The zero-order chi connectivity index (χ0) is 20.9. The molecule has 0 unspecified atom stereocenters. The van der Waals surface area contributed by atoms with Crippen LogP contribution in [0.2, 0.25) is 5.02 Å². The molecule has 8 nitrogen and oxygen atoms in total. The van der Waals surface area contributed by atoms with Crippen LogP contribution in [-0.2, 0) is 6.18 Å². The Hall–Kier alpha value is -3.08. The fourth-order valence-corrected chi connectivity index (χ4v) is 4.07. The summed E-state index contributed by atoms with van der Waals surface area (Å²) in [6.45, 7) is 0. The minimum Gasteiger partial charge on any atom is -0.479 e. The number of benzene rings is 1. The third-order valence-corrected chi connectivity index (χ3v) is 5.29. The van der Waals surface area contributed by atoms with E-state index in [4.69, 9.17) is 11.6 Å². The Labute approximate surface area is 166 Å². The van der Waals surface area contributed by atoms with Crippen LogP contribution in [0.1, 0.15) is 35.7 Å². The van der Waals surface area contributed by atoms with E-state index in [0.29, 0.717) is 18.4 Å². The molecule has 1 aromatic carbocycles. The second-order valence-corrected chi connectivity index (χ2v) is 7.01. The normalized spacial score (nSPS) is 21.9. The van der Waals surface area contributed by atoms with Crippen LogP contribution in [0, 0.1) is 0 Å². The Bertz CT molecular complexity index is 1030. The number of alkyl halides is 3. The van der Waals surface area contributed by atoms with Gasteiger partial charge in [-0.25, -0.2) is 9.78 Å². The molecule has 152 valence electrons. The molecule has 2 aromatic rings. The molecule has 0 saturated carbocycles. The number of fused-ring (bicyclic) bond motifs is 4. The predicted octanol–water partition coefficient (Wildman–Crippen LogP) is 3.78. The summed E-state index contributed by atoms with van der Waals surface area (Å²) >= 11 is 5.70. The average molecular weight is 428 g/mol. The monoisotopic (exact) mass is 427 g/mol. The molecular formula is C17H13ClF3N5O3. The molecule has 3 heterocycles. The number of hydrogen-bond donors (Lipinski definition) is 3. The molecule has 29 heavy (non-hydrogen) atoms. The van der Waals surface area contributed by atoms with Gasteiger partial charge in [0.2, 0.25) is 0 Å². The minimum absolute atomic E-state index is 0.0858. The number of amides is 2. The zero-order valence-electron chi connectivity index (χ0n) is 14.5. The highest BCUT2D eigenvalue weighted by molar-refractivity contribution is 6.31. The summed E-state index contributed by atoms with van der Waals surface area (Å²) in [6, 6.07) is 0.770. The number of carbonyl (C=O) groups is 1. The fourth-order valence-electron chi connectivity index (χ4n) is 3.78. The SMILES string of the molecule is O=C(Nc1ccc(C(F)(F)F)c(Cl)c1)N1[C@@H]2CC[C@H]1C(=NO)c1nc(O)ncc12. The molecule has 0 radical (unpaired) electrons. The third-order valence-electron chi connectivity index (χ3n) is 4.97. The van der Waals surface area contributed by atoms with Gasteiger partial charge in [-0.05, 0) is 31.0 Å². The van der Waals surface area contributed by atoms with Crippen LogP contribution in [0.4, 0.5) is 23.7 Å². The molecule has 0 aliphatic carbocycles. The van der Waals surface area contributed by atoms with Gasteiger partial charge in [0.1, 0.15) is 11.4 Å². The van der Waals surface area contributed by atoms with Crippen LogP contribution >= 0.6 is 11.6 Å². The molecule has 1 saturated heterocycles. The number of hydrogen-bond acceptors (Lipinski definition) is 6. The highest BCUT2D eigenvalue weighted by Gasteiger charge is 2.48. The Morgan fingerprint density at radius 3 is 2.69 bits per heavy atom. The van der Waals surface area contributed by atoms with Crippen LogP contribution in [0.25, 0.3) is 0 Å². The van der Waals surface area contributed by atoms with Crippen LogP contribution in [0.3, 0.4) is 0 Å². The quantitative estimate of drug-likeness (QED) is 0.473. The van der Waals surface area contributed by atoms with Gasteiger partial charge in [0, 0.05) is 17.4 Å². The van der Waals surface area contributed by atoms with E-state index < -0.39 is 40.9 Å².